The maximum Gasteiger partial charge on any atom is 0 e. The van der Waals surface area contributed by atoms with E-state index >= 15 is 0 Å². The van der Waals surface area contributed by atoms with Gasteiger partial charge in [-0.3, -0.25) is 0 Å². The van der Waals surface area contributed by atoms with E-state index in [4.69, 9.17) is 0 Å². The van der Waals surface area contributed by atoms with Crippen molar-refractivity contribution in [3.63, 3.8) is 0 Å². The fourth-order valence-electron chi connectivity index (χ4n) is 0.0833. The van der Waals surface area contributed by atoms with E-state index in [1.165, 1.54) is 7.11 Å². The molecule has 0 aliphatic carbocycles. The van der Waals surface area contributed by atoms with Gasteiger partial charge in [-0.2, -0.15) is 0 Å². The third-order valence-corrected chi connectivity index (χ3v) is 0.368. The average Bonchev–Trinajstić information content (AvgIpc) is 1.83. The fraction of sp³-hybridized carbons (Fsp3) is 0.250. The number of halogens is 4. The van der Waals surface area contributed by atoms with Gasteiger partial charge in [0, 0.05) is 27.8 Å². The van der Waals surface area contributed by atoms with Crippen LogP contribution in [-0.4, -0.2) is 130 Å². The molecule has 82 valence electrons. The zero-order chi connectivity index (χ0) is 9.49. The molecule has 0 N–H and O–H groups in total. The molecule has 2 nitrogen and oxygen atoms in total. The van der Waals surface area contributed by atoms with E-state index in [1.54, 1.807) is 0 Å². The molecule has 0 spiro atoms. The Balaban J connectivity index is -0.0000000215. The first-order chi connectivity index (χ1) is 4.81. The van der Waals surface area contributed by atoms with Gasteiger partial charge in [0.2, 0.25) is 0 Å². The first-order valence-corrected chi connectivity index (χ1v) is 46.0. The van der Waals surface area contributed by atoms with Gasteiger partial charge in [-0.05, 0) is 0 Å². The third kappa shape index (κ3) is 61.7. The number of ether oxygens (including phenoxy) is 1. The van der Waals surface area contributed by atoms with Gasteiger partial charge in [-0.15, -0.1) is 0 Å². The largest absolute Gasteiger partial charge is 0 e. The Hall–Kier alpha value is 7.55. The number of methoxy groups -OCH3 is 1. The molecule has 0 fully saturated rings. The summed E-state index contributed by atoms with van der Waals surface area (Å²) in [4.78, 5) is 9.84. The predicted molar refractivity (Wildman–Crippen MR) is 110 cm³/mol. The van der Waals surface area contributed by atoms with Crippen LogP contribution < -0.4 is 0 Å². The number of carbonyl (C=O) groups is 1. The predicted octanol–water partition coefficient (Wildman–Crippen LogP) is 0.756. The van der Waals surface area contributed by atoms with Crippen molar-refractivity contribution in [1.82, 2.24) is 0 Å². The number of hydrogen-bond acceptors (Lipinski definition) is 2. The van der Waals surface area contributed by atoms with Crippen LogP contribution in [0.1, 0.15) is 0 Å². The molecule has 0 heterocycles. The Bertz CT molecular complexity index is 142. The quantitative estimate of drug-likeness (QED) is 0.168. The minimum Gasteiger partial charge on any atom is 0 e. The van der Waals surface area contributed by atoms with E-state index in [1.807, 2.05) is 0 Å². The van der Waals surface area contributed by atoms with Crippen molar-refractivity contribution in [3.05, 3.63) is 12.7 Å². The van der Waals surface area contributed by atoms with Gasteiger partial charge in [0.25, 0.3) is 0 Å². The smallest absolute Gasteiger partial charge is 0 e. The van der Waals surface area contributed by atoms with Crippen LogP contribution in [0, 0.1) is 0 Å². The molecule has 0 radical (unpaired) electrons. The molecule has 15 heavy (non-hydrogen) atoms. The van der Waals surface area contributed by atoms with Crippen molar-refractivity contribution >= 4 is 194 Å². The minimum absolute atomic E-state index is 0. The number of hydrogen-bond donors (Lipinski definition) is 0. The first-order valence-electron chi connectivity index (χ1n) is 2.27. The zero-order valence-corrected chi connectivity index (χ0v) is 20.2. The Morgan fingerprint density at radius 1 is 1.20 bits per heavy atom. The number of rotatable bonds is 1. The van der Waals surface area contributed by atoms with Gasteiger partial charge in [-0.25, -0.2) is 4.79 Å². The standard InChI is InChI=1S/C4H6O2.3Ca.4HI.Pb.Ti.6H/c1-3-4(5)6-2;;;;;;;;;;;;;;;/h3H,1H2,2H3;;;;4*1H;;;;;;;;/q;;;;;;;;+4;;;;;;;/p-4. The maximum atomic E-state index is 9.84. The summed E-state index contributed by atoms with van der Waals surface area (Å²) in [5, 5.41) is 0. The summed E-state index contributed by atoms with van der Waals surface area (Å²) in [6.07, 6.45) is 1.11. The summed E-state index contributed by atoms with van der Waals surface area (Å²) in [5.74, 6) is -0.394. The van der Waals surface area contributed by atoms with Gasteiger partial charge in [-0.1, -0.05) is 6.58 Å². The van der Waals surface area contributed by atoms with Crippen molar-refractivity contribution in [1.29, 1.82) is 0 Å². The summed E-state index contributed by atoms with van der Waals surface area (Å²) in [6.45, 7) is 3.16. The van der Waals surface area contributed by atoms with Crippen LogP contribution in [0.2, 0.25) is 0 Å². The second-order valence-corrected chi connectivity index (χ2v) is 170. The second kappa shape index (κ2) is 26.4. The average molecular weight is 975 g/mol. The molecule has 0 aromatic carbocycles. The molecule has 0 aliphatic heterocycles. The normalized spacial score (nSPS) is 6.73. The molecule has 0 aromatic heterocycles. The van der Waals surface area contributed by atoms with E-state index in [9.17, 15) is 4.79 Å². The van der Waals surface area contributed by atoms with Gasteiger partial charge in [0.1, 0.15) is 0 Å². The second-order valence-electron chi connectivity index (χ2n) is 1.16. The molecule has 0 amide bonds. The molecule has 0 aliphatic rings. The summed E-state index contributed by atoms with van der Waals surface area (Å²) in [5.41, 5.74) is 0. The third-order valence-electron chi connectivity index (χ3n) is 0.368. The molecule has 0 bridgehead atoms. The minimum atomic E-state index is -1.40. The summed E-state index contributed by atoms with van der Waals surface area (Å²) in [6, 6.07) is 0. The van der Waals surface area contributed by atoms with E-state index in [2.05, 4.69) is 82.4 Å². The van der Waals surface area contributed by atoms with Crippen molar-refractivity contribution in [2.75, 3.05) is 7.11 Å². The SMILES string of the molecule is C=CC(=O)OC.[CaH2].[CaH2].[CaH2].[I][Pb]([I])([I])[I].[Ti]. The van der Waals surface area contributed by atoms with Crippen molar-refractivity contribution in [2.45, 2.75) is 0 Å². The molecule has 0 aromatic rings. The van der Waals surface area contributed by atoms with Gasteiger partial charge < -0.3 is 4.74 Å². The zero-order valence-electron chi connectivity index (χ0n) is 6.11. The van der Waals surface area contributed by atoms with Crippen LogP contribution in [0.25, 0.3) is 0 Å². The molecule has 0 saturated carbocycles. The Kier molecular flexibility index (Phi) is 67.4. The molecular formula is C4H12Ca3I4O2PbTi. The molecular weight excluding hydrogens is 963 g/mol. The van der Waals surface area contributed by atoms with Crippen LogP contribution in [0.3, 0.4) is 0 Å². The van der Waals surface area contributed by atoms with E-state index in [0.717, 1.165) is 6.08 Å². The van der Waals surface area contributed by atoms with Crippen molar-refractivity contribution in [3.8, 4) is 0 Å². The van der Waals surface area contributed by atoms with Crippen LogP contribution >= 0.6 is 71.0 Å². The van der Waals surface area contributed by atoms with Gasteiger partial charge in [0.05, 0.1) is 7.11 Å². The van der Waals surface area contributed by atoms with Crippen LogP contribution in [0.15, 0.2) is 12.7 Å². The summed E-state index contributed by atoms with van der Waals surface area (Å²) >= 11 is 10.2. The van der Waals surface area contributed by atoms with Crippen molar-refractivity contribution < 1.29 is 31.2 Å². The molecule has 0 atom stereocenters. The van der Waals surface area contributed by atoms with Gasteiger partial charge in [0.15, 0.2) is 0 Å². The fourth-order valence-corrected chi connectivity index (χ4v) is 0.0833. The van der Waals surface area contributed by atoms with Crippen LogP contribution in [-0.2, 0) is 31.2 Å². The van der Waals surface area contributed by atoms with E-state index < -0.39 is 9.97 Å². The van der Waals surface area contributed by atoms with E-state index in [0.29, 0.717) is 0 Å². The summed E-state index contributed by atoms with van der Waals surface area (Å²) in [7, 11) is 1.31. The molecule has 0 rings (SSSR count). The Labute approximate surface area is 236 Å². The molecule has 0 saturated heterocycles. The van der Waals surface area contributed by atoms with Crippen LogP contribution in [0.5, 0.6) is 0 Å². The topological polar surface area (TPSA) is 26.3 Å². The Morgan fingerprint density at radius 3 is 1.40 bits per heavy atom. The molecule has 0 unspecified atom stereocenters. The maximum absolute atomic E-state index is 9.84. The number of esters is 1. The van der Waals surface area contributed by atoms with Crippen LogP contribution in [0.4, 0.5) is 0 Å². The molecule has 11 heteroatoms. The monoisotopic (exact) mass is 976 g/mol. The Morgan fingerprint density at radius 2 is 1.40 bits per heavy atom. The first kappa shape index (κ1) is 38.2. The van der Waals surface area contributed by atoms with E-state index in [-0.39, 0.29) is 135 Å². The summed E-state index contributed by atoms with van der Waals surface area (Å²) < 4.78 is 2.74. The van der Waals surface area contributed by atoms with Crippen molar-refractivity contribution in [2.24, 2.45) is 0 Å². The van der Waals surface area contributed by atoms with Gasteiger partial charge >= 0.3 is 194 Å². The number of carbonyl (C=O) groups excluding carboxylic acids is 1.